The van der Waals surface area contributed by atoms with Crippen LogP contribution < -0.4 is 10.6 Å². The molecule has 0 aromatic heterocycles. The Morgan fingerprint density at radius 1 is 1.57 bits per heavy atom. The zero-order chi connectivity index (χ0) is 10.4. The van der Waals surface area contributed by atoms with Crippen LogP contribution in [0.3, 0.4) is 0 Å². The molecule has 1 unspecified atom stereocenters. The summed E-state index contributed by atoms with van der Waals surface area (Å²) >= 11 is 0. The Labute approximate surface area is 83.2 Å². The van der Waals surface area contributed by atoms with Crippen LogP contribution in [0.15, 0.2) is 0 Å². The minimum absolute atomic E-state index is 0.191. The number of rotatable bonds is 4. The Morgan fingerprint density at radius 3 is 2.93 bits per heavy atom. The molecule has 0 aromatic carbocycles. The van der Waals surface area contributed by atoms with Crippen molar-refractivity contribution in [1.29, 1.82) is 0 Å². The first-order valence-corrected chi connectivity index (χ1v) is 4.79. The van der Waals surface area contributed by atoms with Gasteiger partial charge in [0.25, 0.3) is 0 Å². The van der Waals surface area contributed by atoms with Crippen LogP contribution in [-0.4, -0.2) is 38.1 Å². The zero-order valence-electron chi connectivity index (χ0n) is 8.34. The highest BCUT2D eigenvalue weighted by Gasteiger charge is 2.15. The SMILES string of the molecule is COC(=O)CC(=O)NCC1CCCN1. The van der Waals surface area contributed by atoms with Crippen molar-refractivity contribution >= 4 is 11.9 Å². The van der Waals surface area contributed by atoms with Crippen LogP contribution in [0, 0.1) is 0 Å². The highest BCUT2D eigenvalue weighted by Crippen LogP contribution is 2.02. The fraction of sp³-hybridized carbons (Fsp3) is 0.778. The lowest BCUT2D eigenvalue weighted by Gasteiger charge is -2.10. The number of ether oxygens (including phenoxy) is 1. The van der Waals surface area contributed by atoms with Crippen LogP contribution in [0.5, 0.6) is 0 Å². The van der Waals surface area contributed by atoms with E-state index in [9.17, 15) is 9.59 Å². The Bertz CT molecular complexity index is 212. The van der Waals surface area contributed by atoms with Crippen molar-refractivity contribution in [3.8, 4) is 0 Å². The fourth-order valence-electron chi connectivity index (χ4n) is 1.43. The average molecular weight is 200 g/mol. The highest BCUT2D eigenvalue weighted by molar-refractivity contribution is 5.94. The van der Waals surface area contributed by atoms with Crippen LogP contribution in [0.4, 0.5) is 0 Å². The van der Waals surface area contributed by atoms with Crippen molar-refractivity contribution in [1.82, 2.24) is 10.6 Å². The van der Waals surface area contributed by atoms with Gasteiger partial charge in [-0.25, -0.2) is 0 Å². The van der Waals surface area contributed by atoms with E-state index >= 15 is 0 Å². The van der Waals surface area contributed by atoms with Gasteiger partial charge in [-0.3, -0.25) is 9.59 Å². The van der Waals surface area contributed by atoms with E-state index < -0.39 is 5.97 Å². The number of hydrogen-bond acceptors (Lipinski definition) is 4. The van der Waals surface area contributed by atoms with Gasteiger partial charge in [0.05, 0.1) is 7.11 Å². The van der Waals surface area contributed by atoms with E-state index in [1.54, 1.807) is 0 Å². The molecule has 1 heterocycles. The van der Waals surface area contributed by atoms with E-state index in [1.807, 2.05) is 0 Å². The molecule has 0 aromatic rings. The average Bonchev–Trinajstić information content (AvgIpc) is 2.67. The van der Waals surface area contributed by atoms with Gasteiger partial charge in [0.1, 0.15) is 6.42 Å². The van der Waals surface area contributed by atoms with Crippen LogP contribution in [0.2, 0.25) is 0 Å². The van der Waals surface area contributed by atoms with E-state index in [-0.39, 0.29) is 12.3 Å². The summed E-state index contributed by atoms with van der Waals surface area (Å²) < 4.78 is 4.38. The van der Waals surface area contributed by atoms with Gasteiger partial charge < -0.3 is 15.4 Å². The zero-order valence-corrected chi connectivity index (χ0v) is 8.34. The van der Waals surface area contributed by atoms with Crippen molar-refractivity contribution < 1.29 is 14.3 Å². The molecule has 5 nitrogen and oxygen atoms in total. The number of amides is 1. The Hall–Kier alpha value is -1.10. The number of esters is 1. The van der Waals surface area contributed by atoms with Crippen LogP contribution in [0.25, 0.3) is 0 Å². The molecule has 0 bridgehead atoms. The third-order valence-corrected chi connectivity index (χ3v) is 2.24. The van der Waals surface area contributed by atoms with Gasteiger partial charge in [0.2, 0.25) is 5.91 Å². The van der Waals surface area contributed by atoms with Gasteiger partial charge in [0, 0.05) is 12.6 Å². The van der Waals surface area contributed by atoms with Gasteiger partial charge in [-0.15, -0.1) is 0 Å². The molecule has 1 rings (SSSR count). The van der Waals surface area contributed by atoms with E-state index in [4.69, 9.17) is 0 Å². The van der Waals surface area contributed by atoms with Crippen molar-refractivity contribution in [3.05, 3.63) is 0 Å². The van der Waals surface area contributed by atoms with Gasteiger partial charge in [-0.05, 0) is 19.4 Å². The summed E-state index contributed by atoms with van der Waals surface area (Å²) in [5.41, 5.74) is 0. The highest BCUT2D eigenvalue weighted by atomic mass is 16.5. The second kappa shape index (κ2) is 5.59. The quantitative estimate of drug-likeness (QED) is 0.470. The summed E-state index contributed by atoms with van der Waals surface area (Å²) in [7, 11) is 1.27. The standard InChI is InChI=1S/C9H16N2O3/c1-14-9(13)5-8(12)11-6-7-3-2-4-10-7/h7,10H,2-6H2,1H3,(H,11,12). The molecule has 1 aliphatic heterocycles. The maximum atomic E-state index is 11.1. The molecule has 1 saturated heterocycles. The molecule has 0 aliphatic carbocycles. The monoisotopic (exact) mass is 200 g/mol. The summed E-state index contributed by atoms with van der Waals surface area (Å²) in [6.45, 7) is 1.60. The van der Waals surface area contributed by atoms with E-state index in [1.165, 1.54) is 7.11 Å². The molecule has 80 valence electrons. The summed E-state index contributed by atoms with van der Waals surface area (Å²) in [5.74, 6) is -0.771. The Balaban J connectivity index is 2.11. The van der Waals surface area contributed by atoms with Crippen LogP contribution >= 0.6 is 0 Å². The molecule has 0 spiro atoms. The minimum atomic E-state index is -0.498. The number of carbonyl (C=O) groups is 2. The third-order valence-electron chi connectivity index (χ3n) is 2.24. The minimum Gasteiger partial charge on any atom is -0.469 e. The van der Waals surface area contributed by atoms with E-state index in [2.05, 4.69) is 15.4 Å². The molecule has 14 heavy (non-hydrogen) atoms. The number of methoxy groups -OCH3 is 1. The molecular weight excluding hydrogens is 184 g/mol. The predicted molar refractivity (Wildman–Crippen MR) is 50.7 cm³/mol. The molecule has 1 amide bonds. The van der Waals surface area contributed by atoms with Crippen LogP contribution in [0.1, 0.15) is 19.3 Å². The summed E-state index contributed by atoms with van der Waals surface area (Å²) in [4.78, 5) is 21.8. The first-order chi connectivity index (χ1) is 6.72. The summed E-state index contributed by atoms with van der Waals surface area (Å²) in [5, 5.41) is 5.94. The van der Waals surface area contributed by atoms with Crippen molar-refractivity contribution in [3.63, 3.8) is 0 Å². The fourth-order valence-corrected chi connectivity index (χ4v) is 1.43. The van der Waals surface area contributed by atoms with Gasteiger partial charge in [0.15, 0.2) is 0 Å². The molecule has 0 radical (unpaired) electrons. The van der Waals surface area contributed by atoms with Crippen molar-refractivity contribution in [2.24, 2.45) is 0 Å². The molecule has 1 fully saturated rings. The van der Waals surface area contributed by atoms with E-state index in [0.717, 1.165) is 19.4 Å². The summed E-state index contributed by atoms with van der Waals surface area (Å²) in [6.07, 6.45) is 2.04. The first-order valence-electron chi connectivity index (χ1n) is 4.79. The lowest BCUT2D eigenvalue weighted by atomic mass is 10.2. The Morgan fingerprint density at radius 2 is 2.36 bits per heavy atom. The normalized spacial score (nSPS) is 20.5. The molecule has 2 N–H and O–H groups in total. The predicted octanol–water partition coefficient (Wildman–Crippen LogP) is -0.582. The van der Waals surface area contributed by atoms with E-state index in [0.29, 0.717) is 12.6 Å². The first kappa shape index (κ1) is 11.0. The van der Waals surface area contributed by atoms with Gasteiger partial charge in [-0.2, -0.15) is 0 Å². The second-order valence-electron chi connectivity index (χ2n) is 3.35. The maximum absolute atomic E-state index is 11.1. The maximum Gasteiger partial charge on any atom is 0.315 e. The van der Waals surface area contributed by atoms with Crippen molar-refractivity contribution in [2.45, 2.75) is 25.3 Å². The van der Waals surface area contributed by atoms with Crippen LogP contribution in [-0.2, 0) is 14.3 Å². The largest absolute Gasteiger partial charge is 0.469 e. The van der Waals surface area contributed by atoms with Gasteiger partial charge >= 0.3 is 5.97 Å². The number of carbonyl (C=O) groups excluding carboxylic acids is 2. The summed E-state index contributed by atoms with van der Waals surface area (Å²) in [6, 6.07) is 0.358. The lowest BCUT2D eigenvalue weighted by Crippen LogP contribution is -2.37. The topological polar surface area (TPSA) is 67.4 Å². The number of hydrogen-bond donors (Lipinski definition) is 2. The molecule has 0 saturated carbocycles. The third kappa shape index (κ3) is 3.74. The van der Waals surface area contributed by atoms with Crippen molar-refractivity contribution in [2.75, 3.05) is 20.2 Å². The molecular formula is C9H16N2O3. The molecule has 1 atom stereocenters. The van der Waals surface area contributed by atoms with Gasteiger partial charge in [-0.1, -0.05) is 0 Å². The number of nitrogens with one attached hydrogen (secondary N) is 2. The second-order valence-corrected chi connectivity index (χ2v) is 3.35. The molecule has 5 heteroatoms. The molecule has 1 aliphatic rings. The smallest absolute Gasteiger partial charge is 0.315 e. The lowest BCUT2D eigenvalue weighted by molar-refractivity contribution is -0.143. The Kier molecular flexibility index (Phi) is 4.39.